The molecule has 1 aromatic carbocycles. The number of benzene rings is 1. The van der Waals surface area contributed by atoms with Crippen molar-refractivity contribution in [1.29, 1.82) is 0 Å². The number of hydrogen-bond donors (Lipinski definition) is 0. The summed E-state index contributed by atoms with van der Waals surface area (Å²) in [7, 11) is 0. The van der Waals surface area contributed by atoms with Crippen LogP contribution in [0.3, 0.4) is 0 Å². The lowest BCUT2D eigenvalue weighted by Crippen LogP contribution is -1.94. The predicted molar refractivity (Wildman–Crippen MR) is 55.5 cm³/mol. The molecule has 0 N–H and O–H groups in total. The Hall–Kier alpha value is -1.08. The Labute approximate surface area is 80.0 Å². The molecule has 13 heavy (non-hydrogen) atoms. The zero-order valence-corrected chi connectivity index (χ0v) is 7.91. The molecule has 1 nitrogen and oxygen atoms in total. The molecule has 1 rings (SSSR count). The second-order valence-corrected chi connectivity index (χ2v) is 2.97. The minimum absolute atomic E-state index is 0.720. The van der Waals surface area contributed by atoms with Crippen LogP contribution in [0.25, 0.3) is 0 Å². The first kappa shape index (κ1) is 10.0. The highest BCUT2D eigenvalue weighted by molar-refractivity contribution is 5.13. The summed E-state index contributed by atoms with van der Waals surface area (Å²) in [5.41, 5.74) is 1.24. The summed E-state index contributed by atoms with van der Waals surface area (Å²) < 4.78 is 5.47. The van der Waals surface area contributed by atoms with Crippen molar-refractivity contribution in [3.05, 3.63) is 48.6 Å². The predicted octanol–water partition coefficient (Wildman–Crippen LogP) is 3.17. The van der Waals surface area contributed by atoms with Crippen LogP contribution >= 0.6 is 0 Å². The van der Waals surface area contributed by atoms with E-state index in [9.17, 15) is 0 Å². The Morgan fingerprint density at radius 3 is 2.69 bits per heavy atom. The average molecular weight is 177 g/mol. The molecule has 0 amide bonds. The lowest BCUT2D eigenvalue weighted by molar-refractivity contribution is 0.119. The fraction of sp³-hybridized carbons (Fsp3) is 0.333. The number of allylic oxidation sites excluding steroid dienone is 1. The molecule has 0 radical (unpaired) electrons. The van der Waals surface area contributed by atoms with Crippen LogP contribution in [0.5, 0.6) is 0 Å². The van der Waals surface area contributed by atoms with Gasteiger partial charge in [0.2, 0.25) is 0 Å². The molecule has 0 aromatic heterocycles. The van der Waals surface area contributed by atoms with Crippen LogP contribution in [0.1, 0.15) is 18.4 Å². The summed E-state index contributed by atoms with van der Waals surface area (Å²) in [6.45, 7) is 5.20. The molecule has 0 atom stereocenters. The second kappa shape index (κ2) is 6.44. The summed E-state index contributed by atoms with van der Waals surface area (Å²) in [5.74, 6) is 0. The topological polar surface area (TPSA) is 9.23 Å². The van der Waals surface area contributed by atoms with Crippen LogP contribution in [0, 0.1) is 0 Å². The van der Waals surface area contributed by atoms with Crippen molar-refractivity contribution in [3.8, 4) is 0 Å². The fourth-order valence-electron chi connectivity index (χ4n) is 1.09. The van der Waals surface area contributed by atoms with Crippen LogP contribution in [-0.4, -0.2) is 6.61 Å². The number of ether oxygens (including phenoxy) is 1. The molecule has 0 saturated carbocycles. The van der Waals surface area contributed by atoms with Crippen molar-refractivity contribution in [2.75, 3.05) is 6.61 Å². The molecule has 0 unspecified atom stereocenters. The molecule has 0 spiro atoms. The summed E-state index contributed by atoms with van der Waals surface area (Å²) >= 11 is 0. The Morgan fingerprint density at radius 2 is 2.00 bits per heavy atom. The zero-order chi connectivity index (χ0) is 9.36. The Morgan fingerprint density at radius 1 is 1.23 bits per heavy atom. The highest BCUT2D eigenvalue weighted by Gasteiger charge is 1.90. The lowest BCUT2D eigenvalue weighted by atomic mass is 10.2. The summed E-state index contributed by atoms with van der Waals surface area (Å²) in [5, 5.41) is 0. The van der Waals surface area contributed by atoms with Gasteiger partial charge in [0.1, 0.15) is 0 Å². The number of unbranched alkanes of at least 4 members (excludes halogenated alkanes) is 1. The normalized spacial score (nSPS) is 9.85. The van der Waals surface area contributed by atoms with Crippen molar-refractivity contribution in [1.82, 2.24) is 0 Å². The molecule has 0 saturated heterocycles. The maximum absolute atomic E-state index is 5.47. The monoisotopic (exact) mass is 177 g/mol. The third-order valence-corrected chi connectivity index (χ3v) is 1.81. The second-order valence-electron chi connectivity index (χ2n) is 2.97. The Kier molecular flexibility index (Phi) is 4.95. The number of hydrogen-bond acceptors (Lipinski definition) is 1. The van der Waals surface area contributed by atoms with Crippen molar-refractivity contribution in [2.45, 2.75) is 19.4 Å². The molecular weight excluding hydrogens is 161 g/mol. The molecule has 0 bridgehead atoms. The van der Waals surface area contributed by atoms with Gasteiger partial charge in [0.25, 0.3) is 0 Å². The van der Waals surface area contributed by atoms with Gasteiger partial charge in [0.15, 0.2) is 0 Å². The fourth-order valence-corrected chi connectivity index (χ4v) is 1.09. The standard InChI is InChI=1S/C12H16O/c1-2-3-7-10-13-11-12-8-5-4-6-9-12/h2,4-6,8-9H,1,3,7,10-11H2/i2+1. The van der Waals surface area contributed by atoms with Crippen molar-refractivity contribution in [2.24, 2.45) is 0 Å². The Balaban J connectivity index is 2.10. The van der Waals surface area contributed by atoms with Gasteiger partial charge in [0, 0.05) is 6.61 Å². The molecule has 1 aromatic rings. The maximum atomic E-state index is 5.47. The maximum Gasteiger partial charge on any atom is 0.0716 e. The molecular formula is C12H16O. The summed E-state index contributed by atoms with van der Waals surface area (Å²) in [4.78, 5) is 0. The van der Waals surface area contributed by atoms with Gasteiger partial charge in [-0.25, -0.2) is 0 Å². The van der Waals surface area contributed by atoms with Crippen molar-refractivity contribution >= 4 is 0 Å². The van der Waals surface area contributed by atoms with E-state index in [-0.39, 0.29) is 0 Å². The quantitative estimate of drug-likeness (QED) is 0.368. The van der Waals surface area contributed by atoms with Gasteiger partial charge in [-0.2, -0.15) is 0 Å². The van der Waals surface area contributed by atoms with Gasteiger partial charge >= 0.3 is 0 Å². The highest BCUT2D eigenvalue weighted by Crippen LogP contribution is 2.01. The van der Waals surface area contributed by atoms with E-state index in [4.69, 9.17) is 4.74 Å². The summed E-state index contributed by atoms with van der Waals surface area (Å²) in [6.07, 6.45) is 4.02. The minimum Gasteiger partial charge on any atom is -0.377 e. The van der Waals surface area contributed by atoms with Crippen LogP contribution in [0.4, 0.5) is 0 Å². The zero-order valence-electron chi connectivity index (χ0n) is 7.91. The third-order valence-electron chi connectivity index (χ3n) is 1.81. The smallest absolute Gasteiger partial charge is 0.0716 e. The van der Waals surface area contributed by atoms with E-state index in [0.29, 0.717) is 0 Å². The van der Waals surface area contributed by atoms with E-state index in [2.05, 4.69) is 18.7 Å². The molecule has 70 valence electrons. The molecule has 0 fully saturated rings. The van der Waals surface area contributed by atoms with Gasteiger partial charge in [0.05, 0.1) is 6.61 Å². The molecule has 1 heteroatoms. The minimum atomic E-state index is 0.720. The van der Waals surface area contributed by atoms with E-state index in [1.807, 2.05) is 24.3 Å². The highest BCUT2D eigenvalue weighted by atomic mass is 16.5. The molecule has 0 aliphatic heterocycles. The largest absolute Gasteiger partial charge is 0.377 e. The SMILES string of the molecule is C=[13CH]CCCOCc1ccccc1. The van der Waals surface area contributed by atoms with Crippen molar-refractivity contribution < 1.29 is 4.74 Å². The summed E-state index contributed by atoms with van der Waals surface area (Å²) in [6, 6.07) is 10.2. The lowest BCUT2D eigenvalue weighted by Gasteiger charge is -2.02. The third kappa shape index (κ3) is 4.48. The van der Waals surface area contributed by atoms with E-state index in [1.54, 1.807) is 0 Å². The van der Waals surface area contributed by atoms with Crippen LogP contribution < -0.4 is 0 Å². The van der Waals surface area contributed by atoms with Crippen LogP contribution in [0.2, 0.25) is 0 Å². The van der Waals surface area contributed by atoms with E-state index < -0.39 is 0 Å². The van der Waals surface area contributed by atoms with E-state index in [0.717, 1.165) is 26.1 Å². The van der Waals surface area contributed by atoms with Crippen molar-refractivity contribution in [3.63, 3.8) is 0 Å². The first-order chi connectivity index (χ1) is 6.43. The van der Waals surface area contributed by atoms with Gasteiger partial charge in [-0.05, 0) is 18.4 Å². The first-order valence-corrected chi connectivity index (χ1v) is 4.66. The number of rotatable bonds is 6. The molecule has 0 aliphatic rings. The van der Waals surface area contributed by atoms with Gasteiger partial charge in [-0.3, -0.25) is 0 Å². The van der Waals surface area contributed by atoms with E-state index >= 15 is 0 Å². The van der Waals surface area contributed by atoms with Gasteiger partial charge in [-0.1, -0.05) is 36.4 Å². The van der Waals surface area contributed by atoms with Gasteiger partial charge < -0.3 is 4.74 Å². The van der Waals surface area contributed by atoms with Crippen LogP contribution in [-0.2, 0) is 11.3 Å². The van der Waals surface area contributed by atoms with Gasteiger partial charge in [-0.15, -0.1) is 6.58 Å². The van der Waals surface area contributed by atoms with Crippen LogP contribution in [0.15, 0.2) is 43.0 Å². The Bertz CT molecular complexity index is 228. The molecule has 0 heterocycles. The molecule has 0 aliphatic carbocycles. The van der Waals surface area contributed by atoms with E-state index in [1.165, 1.54) is 5.56 Å². The average Bonchev–Trinajstić information content (AvgIpc) is 2.19. The first-order valence-electron chi connectivity index (χ1n) is 4.66.